The van der Waals surface area contributed by atoms with Crippen LogP contribution in [0.2, 0.25) is 0 Å². The van der Waals surface area contributed by atoms with E-state index in [0.29, 0.717) is 13.1 Å². The maximum atomic E-state index is 13.0. The minimum absolute atomic E-state index is 0.119. The molecule has 0 N–H and O–H groups in total. The molecule has 2 fully saturated rings. The molecule has 1 aliphatic heterocycles. The van der Waals surface area contributed by atoms with Crippen molar-refractivity contribution in [3.63, 3.8) is 0 Å². The van der Waals surface area contributed by atoms with Crippen molar-refractivity contribution in [2.75, 3.05) is 19.4 Å². The Hall–Kier alpha value is -1.60. The summed E-state index contributed by atoms with van der Waals surface area (Å²) in [5.41, 5.74) is 0.954. The molecule has 1 aliphatic carbocycles. The first kappa shape index (κ1) is 19.2. The van der Waals surface area contributed by atoms with Gasteiger partial charge < -0.3 is 13.8 Å². The second-order valence-electron chi connectivity index (χ2n) is 7.27. The van der Waals surface area contributed by atoms with Crippen LogP contribution < -0.4 is 4.18 Å². The van der Waals surface area contributed by atoms with Crippen LogP contribution >= 0.6 is 0 Å². The smallest absolute Gasteiger partial charge is 0.306 e. The number of nitrogens with zero attached hydrogens (tertiary/aromatic N) is 1. The minimum Gasteiger partial charge on any atom is -0.383 e. The van der Waals surface area contributed by atoms with E-state index in [1.54, 1.807) is 12.1 Å². The summed E-state index contributed by atoms with van der Waals surface area (Å²) in [5.74, 6) is 0.628. The number of hydrogen-bond acceptors (Lipinski definition) is 5. The van der Waals surface area contributed by atoms with Crippen molar-refractivity contribution in [3.05, 3.63) is 29.8 Å². The SMILES string of the molecule is CS(=O)(=O)Oc1ccc(CN(CC2CCCO2)C(=O)C2CCCC2)cc1. The molecule has 1 unspecified atom stereocenters. The lowest BCUT2D eigenvalue weighted by Gasteiger charge is -2.28. The van der Waals surface area contributed by atoms with Crippen molar-refractivity contribution < 1.29 is 22.1 Å². The highest BCUT2D eigenvalue weighted by Crippen LogP contribution is 2.28. The van der Waals surface area contributed by atoms with Crippen LogP contribution in [-0.2, 0) is 26.2 Å². The molecule has 2 aliphatic rings. The second kappa shape index (κ2) is 8.39. The van der Waals surface area contributed by atoms with Gasteiger partial charge in [0.05, 0.1) is 12.4 Å². The Bertz CT molecular complexity index is 704. The van der Waals surface area contributed by atoms with Crippen LogP contribution in [0.1, 0.15) is 44.1 Å². The molecule has 6 nitrogen and oxygen atoms in total. The third-order valence-corrected chi connectivity index (χ3v) is 5.50. The Balaban J connectivity index is 1.68. The molecule has 3 rings (SSSR count). The highest BCUT2D eigenvalue weighted by atomic mass is 32.2. The lowest BCUT2D eigenvalue weighted by molar-refractivity contribution is -0.137. The van der Waals surface area contributed by atoms with Gasteiger partial charge in [-0.25, -0.2) is 0 Å². The zero-order valence-corrected chi connectivity index (χ0v) is 16.0. The lowest BCUT2D eigenvalue weighted by Crippen LogP contribution is -2.39. The van der Waals surface area contributed by atoms with Gasteiger partial charge in [-0.1, -0.05) is 25.0 Å². The summed E-state index contributed by atoms with van der Waals surface area (Å²) in [7, 11) is -3.53. The van der Waals surface area contributed by atoms with E-state index in [-0.39, 0.29) is 23.7 Å². The molecular weight excluding hydrogens is 354 g/mol. The van der Waals surface area contributed by atoms with Gasteiger partial charge in [0, 0.05) is 25.6 Å². The number of ether oxygens (including phenoxy) is 1. The maximum Gasteiger partial charge on any atom is 0.306 e. The number of rotatable bonds is 7. The normalized spacial score (nSPS) is 21.0. The molecule has 1 aromatic rings. The van der Waals surface area contributed by atoms with E-state index in [1.807, 2.05) is 17.0 Å². The Morgan fingerprint density at radius 2 is 1.85 bits per heavy atom. The summed E-state index contributed by atoms with van der Waals surface area (Å²) >= 11 is 0. The Morgan fingerprint density at radius 1 is 1.15 bits per heavy atom. The molecule has 0 bridgehead atoms. The van der Waals surface area contributed by atoms with E-state index in [2.05, 4.69) is 0 Å². The Labute approximate surface area is 155 Å². The van der Waals surface area contributed by atoms with E-state index in [9.17, 15) is 13.2 Å². The summed E-state index contributed by atoms with van der Waals surface area (Å²) in [5, 5.41) is 0. The molecular formula is C19H27NO5S. The van der Waals surface area contributed by atoms with Crippen molar-refractivity contribution in [3.8, 4) is 5.75 Å². The Kier molecular flexibility index (Phi) is 6.19. The van der Waals surface area contributed by atoms with E-state index < -0.39 is 10.1 Å². The molecule has 26 heavy (non-hydrogen) atoms. The fourth-order valence-electron chi connectivity index (χ4n) is 3.74. The van der Waals surface area contributed by atoms with E-state index in [0.717, 1.165) is 57.0 Å². The summed E-state index contributed by atoms with van der Waals surface area (Å²) < 4.78 is 33.0. The van der Waals surface area contributed by atoms with Gasteiger partial charge in [-0.15, -0.1) is 0 Å². The molecule has 0 spiro atoms. The second-order valence-corrected chi connectivity index (χ2v) is 8.84. The van der Waals surface area contributed by atoms with Gasteiger partial charge >= 0.3 is 10.1 Å². The van der Waals surface area contributed by atoms with Gasteiger partial charge in [-0.2, -0.15) is 8.42 Å². The first-order valence-corrected chi connectivity index (χ1v) is 11.1. The predicted octanol–water partition coefficient (Wildman–Crippen LogP) is 2.72. The van der Waals surface area contributed by atoms with Gasteiger partial charge in [-0.05, 0) is 43.4 Å². The fraction of sp³-hybridized carbons (Fsp3) is 0.632. The quantitative estimate of drug-likeness (QED) is 0.679. The van der Waals surface area contributed by atoms with E-state index in [1.165, 1.54) is 0 Å². The van der Waals surface area contributed by atoms with Crippen molar-refractivity contribution >= 4 is 16.0 Å². The van der Waals surface area contributed by atoms with Crippen molar-refractivity contribution in [1.29, 1.82) is 0 Å². The molecule has 0 radical (unpaired) electrons. The highest BCUT2D eigenvalue weighted by molar-refractivity contribution is 7.86. The average Bonchev–Trinajstić information content (AvgIpc) is 3.27. The first-order chi connectivity index (χ1) is 12.4. The van der Waals surface area contributed by atoms with Crippen LogP contribution in [0.15, 0.2) is 24.3 Å². The van der Waals surface area contributed by atoms with Gasteiger partial charge in [0.25, 0.3) is 0 Å². The summed E-state index contributed by atoms with van der Waals surface area (Å²) in [4.78, 5) is 14.9. The molecule has 1 saturated carbocycles. The topological polar surface area (TPSA) is 72.9 Å². The predicted molar refractivity (Wildman–Crippen MR) is 98.3 cm³/mol. The average molecular weight is 381 g/mol. The fourth-order valence-corrected chi connectivity index (χ4v) is 4.20. The monoisotopic (exact) mass is 381 g/mol. The number of hydrogen-bond donors (Lipinski definition) is 0. The molecule has 1 heterocycles. The van der Waals surface area contributed by atoms with Gasteiger partial charge in [0.15, 0.2) is 0 Å². The zero-order chi connectivity index (χ0) is 18.6. The number of carbonyl (C=O) groups excluding carboxylic acids is 1. The molecule has 7 heteroatoms. The van der Waals surface area contributed by atoms with Crippen molar-refractivity contribution in [1.82, 2.24) is 4.90 Å². The molecule has 1 amide bonds. The highest BCUT2D eigenvalue weighted by Gasteiger charge is 2.29. The molecule has 1 aromatic carbocycles. The number of carbonyl (C=O) groups is 1. The minimum atomic E-state index is -3.53. The molecule has 1 saturated heterocycles. The zero-order valence-electron chi connectivity index (χ0n) is 15.2. The maximum absolute atomic E-state index is 13.0. The van der Waals surface area contributed by atoms with Crippen LogP contribution in [0, 0.1) is 5.92 Å². The summed E-state index contributed by atoms with van der Waals surface area (Å²) in [6.07, 6.45) is 7.38. The van der Waals surface area contributed by atoms with Gasteiger partial charge in [0.2, 0.25) is 5.91 Å². The molecule has 0 aromatic heterocycles. The summed E-state index contributed by atoms with van der Waals surface area (Å²) in [6.45, 7) is 1.90. The van der Waals surface area contributed by atoms with Crippen LogP contribution in [0.3, 0.4) is 0 Å². The standard InChI is InChI=1S/C19H27NO5S/c1-26(22,23)25-17-10-8-15(9-11-17)13-20(14-18-7-4-12-24-18)19(21)16-5-2-3-6-16/h8-11,16,18H,2-7,12-14H2,1H3. The van der Waals surface area contributed by atoms with Crippen LogP contribution in [-0.4, -0.2) is 44.7 Å². The van der Waals surface area contributed by atoms with E-state index >= 15 is 0 Å². The number of amides is 1. The number of benzene rings is 1. The van der Waals surface area contributed by atoms with Gasteiger partial charge in [0.1, 0.15) is 5.75 Å². The van der Waals surface area contributed by atoms with E-state index in [4.69, 9.17) is 8.92 Å². The van der Waals surface area contributed by atoms with Crippen molar-refractivity contribution in [2.24, 2.45) is 5.92 Å². The Morgan fingerprint density at radius 3 is 2.42 bits per heavy atom. The molecule has 1 atom stereocenters. The first-order valence-electron chi connectivity index (χ1n) is 9.29. The van der Waals surface area contributed by atoms with Crippen molar-refractivity contribution in [2.45, 2.75) is 51.2 Å². The van der Waals surface area contributed by atoms with Gasteiger partial charge in [-0.3, -0.25) is 4.79 Å². The van der Waals surface area contributed by atoms with Crippen LogP contribution in [0.25, 0.3) is 0 Å². The molecule has 144 valence electrons. The largest absolute Gasteiger partial charge is 0.383 e. The lowest BCUT2D eigenvalue weighted by atomic mass is 10.1. The summed E-state index contributed by atoms with van der Waals surface area (Å²) in [6, 6.07) is 6.87. The van der Waals surface area contributed by atoms with Crippen LogP contribution in [0.4, 0.5) is 0 Å². The third kappa shape index (κ3) is 5.45. The third-order valence-electron chi connectivity index (χ3n) is 5.01. The van der Waals surface area contributed by atoms with Crippen LogP contribution in [0.5, 0.6) is 5.75 Å².